The average Bonchev–Trinajstić information content (AvgIpc) is 2.16. The third-order valence-electron chi connectivity index (χ3n) is 2.01. The fraction of sp³-hybridized carbons (Fsp3) is 0.250. The highest BCUT2D eigenvalue weighted by Gasteiger charge is 2.08. The summed E-state index contributed by atoms with van der Waals surface area (Å²) in [6.45, 7) is 4.45. The van der Waals surface area contributed by atoms with E-state index in [1.807, 2.05) is 19.9 Å². The molecular weight excluding hydrogens is 224 g/mol. The Morgan fingerprint density at radius 1 is 1.50 bits per heavy atom. The Hall–Kier alpha value is -1.48. The Labute approximate surface area is 100 Å². The number of amides is 1. The molecule has 3 N–H and O–H groups in total. The number of nitrogens with two attached hydrogens (primary N) is 1. The van der Waals surface area contributed by atoms with Crippen molar-refractivity contribution >= 4 is 23.2 Å². The number of benzene rings is 1. The van der Waals surface area contributed by atoms with Gasteiger partial charge in [-0.2, -0.15) is 0 Å². The van der Waals surface area contributed by atoms with Crippen molar-refractivity contribution in [1.82, 2.24) is 5.32 Å². The largest absolute Gasteiger partial charge is 0.399 e. The molecule has 16 heavy (non-hydrogen) atoms. The van der Waals surface area contributed by atoms with E-state index in [0.29, 0.717) is 22.8 Å². The molecule has 3 nitrogen and oxygen atoms in total. The number of anilines is 1. The van der Waals surface area contributed by atoms with Gasteiger partial charge in [0.1, 0.15) is 0 Å². The van der Waals surface area contributed by atoms with Gasteiger partial charge in [-0.05, 0) is 32.0 Å². The standard InChI is InChI=1S/C12H15ClN2O/c1-8(2)5-6-15-12(16)10-4-3-9(14)7-11(10)13/h3-5,7H,6,14H2,1-2H3,(H,15,16). The lowest BCUT2D eigenvalue weighted by molar-refractivity contribution is 0.0958. The van der Waals surface area contributed by atoms with E-state index < -0.39 is 0 Å². The molecule has 4 heteroatoms. The van der Waals surface area contributed by atoms with Crippen LogP contribution in [0.4, 0.5) is 5.69 Å². The van der Waals surface area contributed by atoms with E-state index >= 15 is 0 Å². The maximum absolute atomic E-state index is 11.7. The zero-order valence-corrected chi connectivity index (χ0v) is 10.1. The van der Waals surface area contributed by atoms with Crippen LogP contribution in [0.3, 0.4) is 0 Å². The first-order valence-electron chi connectivity index (χ1n) is 4.97. The first kappa shape index (κ1) is 12.6. The van der Waals surface area contributed by atoms with E-state index in [1.54, 1.807) is 18.2 Å². The number of hydrogen-bond acceptors (Lipinski definition) is 2. The van der Waals surface area contributed by atoms with Crippen LogP contribution in [0.25, 0.3) is 0 Å². The Bertz CT molecular complexity index is 423. The Morgan fingerprint density at radius 2 is 2.19 bits per heavy atom. The highest BCUT2D eigenvalue weighted by molar-refractivity contribution is 6.34. The smallest absolute Gasteiger partial charge is 0.253 e. The second-order valence-electron chi connectivity index (χ2n) is 3.73. The number of nitrogens with one attached hydrogen (secondary N) is 1. The predicted octanol–water partition coefficient (Wildman–Crippen LogP) is 2.62. The molecule has 0 radical (unpaired) electrons. The molecular formula is C12H15ClN2O. The second kappa shape index (κ2) is 5.56. The average molecular weight is 239 g/mol. The summed E-state index contributed by atoms with van der Waals surface area (Å²) >= 11 is 5.91. The molecule has 86 valence electrons. The third-order valence-corrected chi connectivity index (χ3v) is 2.32. The topological polar surface area (TPSA) is 55.1 Å². The van der Waals surface area contributed by atoms with E-state index in [4.69, 9.17) is 17.3 Å². The predicted molar refractivity (Wildman–Crippen MR) is 67.6 cm³/mol. The highest BCUT2D eigenvalue weighted by atomic mass is 35.5. The van der Waals surface area contributed by atoms with Gasteiger partial charge >= 0.3 is 0 Å². The molecule has 1 amide bonds. The molecule has 0 heterocycles. The van der Waals surface area contributed by atoms with Gasteiger partial charge in [0.25, 0.3) is 5.91 Å². The van der Waals surface area contributed by atoms with E-state index in [2.05, 4.69) is 5.32 Å². The normalized spacial score (nSPS) is 9.69. The van der Waals surface area contributed by atoms with Crippen LogP contribution in [-0.2, 0) is 0 Å². The van der Waals surface area contributed by atoms with Gasteiger partial charge in [-0.25, -0.2) is 0 Å². The van der Waals surface area contributed by atoms with Gasteiger partial charge in [-0.1, -0.05) is 23.3 Å². The van der Waals surface area contributed by atoms with Crippen LogP contribution in [-0.4, -0.2) is 12.5 Å². The summed E-state index contributed by atoms with van der Waals surface area (Å²) in [6, 6.07) is 4.84. The van der Waals surface area contributed by atoms with E-state index in [0.717, 1.165) is 5.57 Å². The van der Waals surface area contributed by atoms with E-state index in [1.165, 1.54) is 0 Å². The molecule has 1 aromatic rings. The van der Waals surface area contributed by atoms with Crippen molar-refractivity contribution in [2.75, 3.05) is 12.3 Å². The van der Waals surface area contributed by atoms with Crippen LogP contribution in [0.1, 0.15) is 24.2 Å². The quantitative estimate of drug-likeness (QED) is 0.628. The summed E-state index contributed by atoms with van der Waals surface area (Å²) in [5.41, 5.74) is 7.69. The lowest BCUT2D eigenvalue weighted by Gasteiger charge is -2.05. The van der Waals surface area contributed by atoms with Crippen molar-refractivity contribution in [3.05, 3.63) is 40.4 Å². The zero-order valence-electron chi connectivity index (χ0n) is 9.38. The molecule has 0 spiro atoms. The third kappa shape index (κ3) is 3.59. The maximum atomic E-state index is 11.7. The molecule has 0 aliphatic carbocycles. The number of rotatable bonds is 3. The second-order valence-corrected chi connectivity index (χ2v) is 4.14. The summed E-state index contributed by atoms with van der Waals surface area (Å²) in [6.07, 6.45) is 1.93. The van der Waals surface area contributed by atoms with Gasteiger partial charge < -0.3 is 11.1 Å². The number of nitrogen functional groups attached to an aromatic ring is 1. The fourth-order valence-corrected chi connectivity index (χ4v) is 1.43. The minimum Gasteiger partial charge on any atom is -0.399 e. The van der Waals surface area contributed by atoms with Crippen molar-refractivity contribution in [2.45, 2.75) is 13.8 Å². The molecule has 0 aromatic heterocycles. The molecule has 0 atom stereocenters. The van der Waals surface area contributed by atoms with Gasteiger partial charge in [0, 0.05) is 12.2 Å². The summed E-state index contributed by atoms with van der Waals surface area (Å²) in [5, 5.41) is 3.12. The number of allylic oxidation sites excluding steroid dienone is 1. The number of hydrogen-bond donors (Lipinski definition) is 2. The molecule has 0 aliphatic rings. The molecule has 0 saturated heterocycles. The van der Waals surface area contributed by atoms with Crippen LogP contribution < -0.4 is 11.1 Å². The van der Waals surface area contributed by atoms with Gasteiger partial charge in [-0.3, -0.25) is 4.79 Å². The molecule has 0 fully saturated rings. The summed E-state index contributed by atoms with van der Waals surface area (Å²) in [4.78, 5) is 11.7. The molecule has 0 saturated carbocycles. The first-order chi connectivity index (χ1) is 7.50. The molecule has 1 rings (SSSR count). The van der Waals surface area contributed by atoms with E-state index in [9.17, 15) is 4.79 Å². The minimum atomic E-state index is -0.192. The van der Waals surface area contributed by atoms with Crippen LogP contribution in [0.5, 0.6) is 0 Å². The molecule has 0 aliphatic heterocycles. The monoisotopic (exact) mass is 238 g/mol. The number of carbonyl (C=O) groups excluding carboxylic acids is 1. The minimum absolute atomic E-state index is 0.192. The fourth-order valence-electron chi connectivity index (χ4n) is 1.16. The van der Waals surface area contributed by atoms with Crippen molar-refractivity contribution in [1.29, 1.82) is 0 Å². The van der Waals surface area contributed by atoms with E-state index in [-0.39, 0.29) is 5.91 Å². The molecule has 1 aromatic carbocycles. The van der Waals surface area contributed by atoms with Gasteiger partial charge in [0.05, 0.1) is 10.6 Å². The van der Waals surface area contributed by atoms with Gasteiger partial charge in [0.15, 0.2) is 0 Å². The summed E-state index contributed by atoms with van der Waals surface area (Å²) in [7, 11) is 0. The van der Waals surface area contributed by atoms with Crippen LogP contribution in [0, 0.1) is 0 Å². The summed E-state index contributed by atoms with van der Waals surface area (Å²) in [5.74, 6) is -0.192. The Balaban J connectivity index is 2.70. The Morgan fingerprint density at radius 3 is 2.75 bits per heavy atom. The van der Waals surface area contributed by atoms with Crippen molar-refractivity contribution in [3.63, 3.8) is 0 Å². The Kier molecular flexibility index (Phi) is 4.38. The van der Waals surface area contributed by atoms with Crippen molar-refractivity contribution < 1.29 is 4.79 Å². The number of carbonyl (C=O) groups is 1. The summed E-state index contributed by atoms with van der Waals surface area (Å²) < 4.78 is 0. The lowest BCUT2D eigenvalue weighted by Crippen LogP contribution is -2.23. The zero-order chi connectivity index (χ0) is 12.1. The van der Waals surface area contributed by atoms with Crippen LogP contribution in [0.2, 0.25) is 5.02 Å². The van der Waals surface area contributed by atoms with Crippen molar-refractivity contribution in [3.8, 4) is 0 Å². The number of halogens is 1. The maximum Gasteiger partial charge on any atom is 0.253 e. The SMILES string of the molecule is CC(C)=CCNC(=O)c1ccc(N)cc1Cl. The van der Waals surface area contributed by atoms with Crippen LogP contribution >= 0.6 is 11.6 Å². The van der Waals surface area contributed by atoms with Crippen molar-refractivity contribution in [2.24, 2.45) is 0 Å². The highest BCUT2D eigenvalue weighted by Crippen LogP contribution is 2.18. The van der Waals surface area contributed by atoms with Gasteiger partial charge in [0.2, 0.25) is 0 Å². The van der Waals surface area contributed by atoms with Gasteiger partial charge in [-0.15, -0.1) is 0 Å². The first-order valence-corrected chi connectivity index (χ1v) is 5.35. The molecule has 0 unspecified atom stereocenters. The lowest BCUT2D eigenvalue weighted by atomic mass is 10.2. The molecule has 0 bridgehead atoms. The van der Waals surface area contributed by atoms with Crippen LogP contribution in [0.15, 0.2) is 29.8 Å².